The van der Waals surface area contributed by atoms with E-state index < -0.39 is 5.82 Å². The van der Waals surface area contributed by atoms with Crippen molar-refractivity contribution in [2.75, 3.05) is 13.2 Å². The highest BCUT2D eigenvalue weighted by atomic mass is 19.1. The summed E-state index contributed by atoms with van der Waals surface area (Å²) in [4.78, 5) is 21.8. The third kappa shape index (κ3) is 4.10. The summed E-state index contributed by atoms with van der Waals surface area (Å²) >= 11 is 0. The Morgan fingerprint density at radius 3 is 3.08 bits per heavy atom. The number of ether oxygens (including phenoxy) is 1. The zero-order chi connectivity index (χ0) is 17.6. The number of nitrogens with one attached hydrogen (secondary N) is 2. The van der Waals surface area contributed by atoms with E-state index >= 15 is 0 Å². The highest BCUT2D eigenvalue weighted by molar-refractivity contribution is 5.74. The quantitative estimate of drug-likeness (QED) is 0.872. The van der Waals surface area contributed by atoms with Crippen molar-refractivity contribution in [1.82, 2.24) is 20.2 Å². The Bertz CT molecular complexity index is 705. The molecule has 0 aliphatic carbocycles. The van der Waals surface area contributed by atoms with Gasteiger partial charge >= 0.3 is 6.03 Å². The van der Waals surface area contributed by atoms with Crippen molar-refractivity contribution in [3.05, 3.63) is 47.8 Å². The monoisotopic (exact) mass is 346 g/mol. The van der Waals surface area contributed by atoms with Crippen molar-refractivity contribution in [1.29, 1.82) is 0 Å². The van der Waals surface area contributed by atoms with Crippen molar-refractivity contribution in [2.45, 2.75) is 38.8 Å². The maximum atomic E-state index is 13.9. The van der Waals surface area contributed by atoms with Gasteiger partial charge in [0.05, 0.1) is 12.6 Å². The lowest BCUT2D eigenvalue weighted by Gasteiger charge is -2.34. The number of imidazole rings is 1. The number of carbonyl (C=O) groups excluding carboxylic acids is 1. The van der Waals surface area contributed by atoms with E-state index in [0.717, 1.165) is 25.1 Å². The first-order chi connectivity index (χ1) is 12.2. The molecule has 0 radical (unpaired) electrons. The molecule has 1 aromatic heterocycles. The lowest BCUT2D eigenvalue weighted by atomic mass is 10.0. The molecule has 1 atom stereocenters. The van der Waals surface area contributed by atoms with Crippen molar-refractivity contribution in [3.8, 4) is 5.75 Å². The molecule has 2 heterocycles. The van der Waals surface area contributed by atoms with Crippen LogP contribution in [0.15, 0.2) is 30.6 Å². The number of carbonyl (C=O) groups is 1. The summed E-state index contributed by atoms with van der Waals surface area (Å²) in [5.41, 5.74) is 0.695. The molecule has 2 amide bonds. The van der Waals surface area contributed by atoms with Crippen LogP contribution in [-0.2, 0) is 6.54 Å². The van der Waals surface area contributed by atoms with E-state index in [-0.39, 0.29) is 24.4 Å². The number of amides is 2. The van der Waals surface area contributed by atoms with Gasteiger partial charge in [0.1, 0.15) is 5.82 Å². The van der Waals surface area contributed by atoms with Gasteiger partial charge in [-0.05, 0) is 43.9 Å². The molecule has 1 saturated heterocycles. The second-order valence-electron chi connectivity index (χ2n) is 6.04. The Kier molecular flexibility index (Phi) is 5.53. The number of urea groups is 1. The summed E-state index contributed by atoms with van der Waals surface area (Å²) in [6.07, 6.45) is 6.39. The molecule has 3 rings (SSSR count). The first-order valence-corrected chi connectivity index (χ1v) is 8.64. The minimum Gasteiger partial charge on any atom is -0.491 e. The number of benzene rings is 1. The normalized spacial score (nSPS) is 17.4. The zero-order valence-corrected chi connectivity index (χ0v) is 14.3. The summed E-state index contributed by atoms with van der Waals surface area (Å²) in [6, 6.07) is 4.55. The summed E-state index contributed by atoms with van der Waals surface area (Å²) < 4.78 is 19.1. The Balaban J connectivity index is 1.62. The summed E-state index contributed by atoms with van der Waals surface area (Å²) in [6.45, 7) is 3.18. The fourth-order valence-corrected chi connectivity index (χ4v) is 3.12. The minimum atomic E-state index is -0.417. The summed E-state index contributed by atoms with van der Waals surface area (Å²) in [7, 11) is 0. The average Bonchev–Trinajstić information content (AvgIpc) is 3.16. The Labute approximate surface area is 146 Å². The third-order valence-corrected chi connectivity index (χ3v) is 4.34. The Hall–Kier alpha value is -2.57. The fraction of sp³-hybridized carbons (Fsp3) is 0.444. The van der Waals surface area contributed by atoms with Gasteiger partial charge in [-0.25, -0.2) is 14.2 Å². The van der Waals surface area contributed by atoms with Crippen LogP contribution in [0.5, 0.6) is 5.75 Å². The molecule has 25 heavy (non-hydrogen) atoms. The largest absolute Gasteiger partial charge is 0.491 e. The van der Waals surface area contributed by atoms with Gasteiger partial charge in [0, 0.05) is 25.5 Å². The molecule has 1 aliphatic heterocycles. The number of hydrogen-bond acceptors (Lipinski definition) is 3. The number of aromatic amines is 1. The van der Waals surface area contributed by atoms with Gasteiger partial charge in [-0.3, -0.25) is 0 Å². The lowest BCUT2D eigenvalue weighted by Crippen LogP contribution is -2.44. The van der Waals surface area contributed by atoms with Crippen LogP contribution in [0.2, 0.25) is 0 Å². The molecule has 1 aromatic carbocycles. The molecule has 0 unspecified atom stereocenters. The molecule has 7 heteroatoms. The van der Waals surface area contributed by atoms with Gasteiger partial charge < -0.3 is 19.9 Å². The van der Waals surface area contributed by atoms with Crippen LogP contribution in [0.25, 0.3) is 0 Å². The molecule has 6 nitrogen and oxygen atoms in total. The molecule has 1 aliphatic rings. The Morgan fingerprint density at radius 1 is 1.48 bits per heavy atom. The number of rotatable bonds is 5. The van der Waals surface area contributed by atoms with Gasteiger partial charge in [-0.2, -0.15) is 0 Å². The minimum absolute atomic E-state index is 0.0409. The highest BCUT2D eigenvalue weighted by Crippen LogP contribution is 2.28. The molecule has 0 saturated carbocycles. The zero-order valence-electron chi connectivity index (χ0n) is 14.3. The Morgan fingerprint density at radius 2 is 2.36 bits per heavy atom. The number of piperidine rings is 1. The van der Waals surface area contributed by atoms with Crippen molar-refractivity contribution in [2.24, 2.45) is 0 Å². The number of likely N-dealkylation sites (tertiary alicyclic amines) is 1. The molecule has 2 aromatic rings. The predicted octanol–water partition coefficient (Wildman–Crippen LogP) is 3.38. The molecule has 0 spiro atoms. The maximum absolute atomic E-state index is 13.9. The van der Waals surface area contributed by atoms with E-state index in [2.05, 4.69) is 15.3 Å². The van der Waals surface area contributed by atoms with E-state index in [1.807, 2.05) is 6.92 Å². The van der Waals surface area contributed by atoms with Crippen LogP contribution < -0.4 is 10.1 Å². The second kappa shape index (κ2) is 8.00. The number of H-pyrrole nitrogens is 1. The SMILES string of the molecule is CCOc1ccc(CNC(=O)N2CCCC[C@H]2c2ncc[nH]2)cc1F. The predicted molar refractivity (Wildman–Crippen MR) is 91.7 cm³/mol. The molecular weight excluding hydrogens is 323 g/mol. The molecule has 0 bridgehead atoms. The van der Waals surface area contributed by atoms with Gasteiger partial charge in [-0.15, -0.1) is 0 Å². The van der Waals surface area contributed by atoms with Gasteiger partial charge in [0.25, 0.3) is 0 Å². The number of aromatic nitrogens is 2. The van der Waals surface area contributed by atoms with Crippen LogP contribution in [-0.4, -0.2) is 34.1 Å². The lowest BCUT2D eigenvalue weighted by molar-refractivity contribution is 0.147. The van der Waals surface area contributed by atoms with Gasteiger partial charge in [0.2, 0.25) is 0 Å². The number of halogens is 1. The smallest absolute Gasteiger partial charge is 0.318 e. The summed E-state index contributed by atoms with van der Waals surface area (Å²) in [5.74, 6) is 0.619. The van der Waals surface area contributed by atoms with E-state index in [1.54, 1.807) is 29.4 Å². The van der Waals surface area contributed by atoms with Crippen LogP contribution in [0.3, 0.4) is 0 Å². The molecular formula is C18H23FN4O2. The highest BCUT2D eigenvalue weighted by Gasteiger charge is 2.29. The molecule has 134 valence electrons. The number of hydrogen-bond donors (Lipinski definition) is 2. The molecule has 2 N–H and O–H groups in total. The van der Waals surface area contributed by atoms with E-state index in [9.17, 15) is 9.18 Å². The third-order valence-electron chi connectivity index (χ3n) is 4.34. The van der Waals surface area contributed by atoms with Crippen LogP contribution in [0, 0.1) is 5.82 Å². The van der Waals surface area contributed by atoms with Gasteiger partial charge in [-0.1, -0.05) is 6.07 Å². The summed E-state index contributed by atoms with van der Waals surface area (Å²) in [5, 5.41) is 2.88. The van der Waals surface area contributed by atoms with Crippen LogP contribution >= 0.6 is 0 Å². The standard InChI is InChI=1S/C18H23FN4O2/c1-2-25-16-7-6-13(11-14(16)19)12-22-18(24)23-10-4-3-5-15(23)17-20-8-9-21-17/h6-9,11,15H,2-5,10,12H2,1H3,(H,20,21)(H,22,24)/t15-/m0/s1. The molecule has 1 fully saturated rings. The van der Waals surface area contributed by atoms with Crippen molar-refractivity contribution < 1.29 is 13.9 Å². The topological polar surface area (TPSA) is 70.2 Å². The average molecular weight is 346 g/mol. The first kappa shape index (κ1) is 17.3. The van der Waals surface area contributed by atoms with Gasteiger partial charge in [0.15, 0.2) is 11.6 Å². The maximum Gasteiger partial charge on any atom is 0.318 e. The van der Waals surface area contributed by atoms with Crippen molar-refractivity contribution >= 4 is 6.03 Å². The van der Waals surface area contributed by atoms with E-state index in [4.69, 9.17) is 4.74 Å². The second-order valence-corrected chi connectivity index (χ2v) is 6.04. The van der Waals surface area contributed by atoms with Crippen LogP contribution in [0.4, 0.5) is 9.18 Å². The number of nitrogens with zero attached hydrogens (tertiary/aromatic N) is 2. The van der Waals surface area contributed by atoms with Crippen LogP contribution in [0.1, 0.15) is 43.6 Å². The van der Waals surface area contributed by atoms with E-state index in [1.165, 1.54) is 6.07 Å². The van der Waals surface area contributed by atoms with Crippen molar-refractivity contribution in [3.63, 3.8) is 0 Å². The fourth-order valence-electron chi connectivity index (χ4n) is 3.12. The first-order valence-electron chi connectivity index (χ1n) is 8.64. The van der Waals surface area contributed by atoms with E-state index in [0.29, 0.717) is 18.7 Å².